The third-order valence-corrected chi connectivity index (χ3v) is 7.48. The number of halogens is 1. The van der Waals surface area contributed by atoms with Gasteiger partial charge in [-0.1, -0.05) is 55.8 Å². The van der Waals surface area contributed by atoms with E-state index in [9.17, 15) is 4.79 Å². The van der Waals surface area contributed by atoms with Crippen LogP contribution < -0.4 is 15.4 Å². The number of hydrogen-bond acceptors (Lipinski definition) is 6. The first-order valence-electron chi connectivity index (χ1n) is 13.4. The number of carbonyl (C=O) groups is 1. The minimum Gasteiger partial charge on any atom is -0.497 e. The molecule has 0 aliphatic carbocycles. The van der Waals surface area contributed by atoms with Crippen LogP contribution in [0.5, 0.6) is 5.75 Å². The molecule has 2 N–H and O–H groups in total. The van der Waals surface area contributed by atoms with E-state index in [0.717, 1.165) is 41.0 Å². The SMILES string of the molecule is CCc1ccc(CC2N=C(c3cnc(N)nc3)c3cc(Cl)ccc3N(Cc3ccc(OC)cc3)C2=O)cc1CC. The average Bonchev–Trinajstić information content (AvgIpc) is 3.08. The Morgan fingerprint density at radius 3 is 2.30 bits per heavy atom. The number of benzodiazepines with no additional fused rings is 1. The predicted octanol–water partition coefficient (Wildman–Crippen LogP) is 5.84. The molecule has 0 bridgehead atoms. The highest BCUT2D eigenvalue weighted by atomic mass is 35.5. The Balaban J connectivity index is 1.64. The van der Waals surface area contributed by atoms with E-state index < -0.39 is 6.04 Å². The number of nitrogen functional groups attached to an aromatic ring is 1. The molecule has 1 amide bonds. The standard InChI is InChI=1S/C32H32ClN5O2/c1-4-22-9-6-21(14-23(22)5-2)15-28-31(39)38(19-20-7-11-26(40-3)12-8-20)29-13-10-25(33)16-27(29)30(37-28)24-17-35-32(34)36-18-24/h6-14,16-18,28H,4-5,15,19H2,1-3H3,(H2,34,35,36). The van der Waals surface area contributed by atoms with E-state index in [4.69, 9.17) is 27.1 Å². The summed E-state index contributed by atoms with van der Waals surface area (Å²) in [5, 5.41) is 0.542. The normalized spacial score (nSPS) is 14.9. The number of nitrogens with two attached hydrogens (primary N) is 1. The molecule has 40 heavy (non-hydrogen) atoms. The van der Waals surface area contributed by atoms with Gasteiger partial charge in [-0.05, 0) is 65.4 Å². The number of methoxy groups -OCH3 is 1. The molecule has 0 saturated carbocycles. The van der Waals surface area contributed by atoms with Crippen molar-refractivity contribution in [1.82, 2.24) is 9.97 Å². The van der Waals surface area contributed by atoms with Crippen LogP contribution in [-0.4, -0.2) is 34.7 Å². The number of aryl methyl sites for hydroxylation is 2. The number of benzene rings is 3. The molecule has 1 unspecified atom stereocenters. The second kappa shape index (κ2) is 11.9. The van der Waals surface area contributed by atoms with Crippen LogP contribution in [0.4, 0.5) is 11.6 Å². The summed E-state index contributed by atoms with van der Waals surface area (Å²) < 4.78 is 5.33. The van der Waals surface area contributed by atoms with Gasteiger partial charge < -0.3 is 15.4 Å². The first-order valence-corrected chi connectivity index (χ1v) is 13.8. The summed E-state index contributed by atoms with van der Waals surface area (Å²) in [6, 6.07) is 19.0. The van der Waals surface area contributed by atoms with Crippen LogP contribution in [0.15, 0.2) is 78.0 Å². The molecule has 1 atom stereocenters. The molecule has 8 heteroatoms. The zero-order valence-corrected chi connectivity index (χ0v) is 23.7. The second-order valence-corrected chi connectivity index (χ2v) is 10.2. The molecule has 0 fully saturated rings. The number of nitrogens with zero attached hydrogens (tertiary/aromatic N) is 4. The lowest BCUT2D eigenvalue weighted by Gasteiger charge is -2.26. The van der Waals surface area contributed by atoms with Gasteiger partial charge in [0, 0.05) is 35.0 Å². The third kappa shape index (κ3) is 5.70. The zero-order chi connectivity index (χ0) is 28.2. The Morgan fingerprint density at radius 2 is 1.62 bits per heavy atom. The monoisotopic (exact) mass is 553 g/mol. The number of amides is 1. The van der Waals surface area contributed by atoms with Gasteiger partial charge in [0.15, 0.2) is 0 Å². The van der Waals surface area contributed by atoms with Crippen LogP contribution in [0.25, 0.3) is 0 Å². The second-order valence-electron chi connectivity index (χ2n) is 9.77. The lowest BCUT2D eigenvalue weighted by Crippen LogP contribution is -2.38. The van der Waals surface area contributed by atoms with E-state index in [-0.39, 0.29) is 11.9 Å². The molecule has 1 aromatic heterocycles. The van der Waals surface area contributed by atoms with Gasteiger partial charge in [-0.2, -0.15) is 0 Å². The van der Waals surface area contributed by atoms with E-state index in [1.54, 1.807) is 30.5 Å². The number of ether oxygens (including phenoxy) is 1. The van der Waals surface area contributed by atoms with Gasteiger partial charge in [-0.15, -0.1) is 0 Å². The maximum absolute atomic E-state index is 14.3. The molecule has 1 aliphatic rings. The van der Waals surface area contributed by atoms with Gasteiger partial charge in [-0.25, -0.2) is 9.97 Å². The number of fused-ring (bicyclic) bond motifs is 1. The van der Waals surface area contributed by atoms with Crippen LogP contribution in [0.3, 0.4) is 0 Å². The van der Waals surface area contributed by atoms with Crippen LogP contribution in [0.1, 0.15) is 47.2 Å². The van der Waals surface area contributed by atoms with Crippen molar-refractivity contribution in [1.29, 1.82) is 0 Å². The number of aliphatic imine (C=N–C) groups is 1. The first kappa shape index (κ1) is 27.3. The minimum absolute atomic E-state index is 0.0941. The van der Waals surface area contributed by atoms with E-state index in [1.807, 2.05) is 36.4 Å². The topological polar surface area (TPSA) is 93.7 Å². The number of carbonyl (C=O) groups excluding carboxylic acids is 1. The van der Waals surface area contributed by atoms with Crippen LogP contribution in [0, 0.1) is 0 Å². The molecule has 4 aromatic rings. The molecule has 0 radical (unpaired) electrons. The van der Waals surface area contributed by atoms with E-state index >= 15 is 0 Å². The summed E-state index contributed by atoms with van der Waals surface area (Å²) in [5.74, 6) is 0.830. The maximum atomic E-state index is 14.3. The summed E-state index contributed by atoms with van der Waals surface area (Å²) in [7, 11) is 1.63. The van der Waals surface area contributed by atoms with Crippen molar-refractivity contribution in [3.63, 3.8) is 0 Å². The van der Waals surface area contributed by atoms with Crippen molar-refractivity contribution in [2.75, 3.05) is 17.7 Å². The van der Waals surface area contributed by atoms with Crippen LogP contribution in [-0.2, 0) is 30.6 Å². The molecular formula is C32H32ClN5O2. The van der Waals surface area contributed by atoms with E-state index in [0.29, 0.717) is 29.3 Å². The zero-order valence-electron chi connectivity index (χ0n) is 22.9. The Hall–Kier alpha value is -4.23. The van der Waals surface area contributed by atoms with Gasteiger partial charge in [0.25, 0.3) is 5.91 Å². The van der Waals surface area contributed by atoms with Crippen molar-refractivity contribution in [2.24, 2.45) is 4.99 Å². The summed E-state index contributed by atoms with van der Waals surface area (Å²) in [6.07, 6.45) is 5.63. The number of rotatable bonds is 8. The van der Waals surface area contributed by atoms with Gasteiger partial charge in [-0.3, -0.25) is 9.79 Å². The smallest absolute Gasteiger partial charge is 0.252 e. The molecule has 204 valence electrons. The van der Waals surface area contributed by atoms with Crippen molar-refractivity contribution in [3.05, 3.63) is 111 Å². The largest absolute Gasteiger partial charge is 0.497 e. The molecule has 2 heterocycles. The molecule has 5 rings (SSSR count). The third-order valence-electron chi connectivity index (χ3n) is 7.25. The molecule has 1 aliphatic heterocycles. The van der Waals surface area contributed by atoms with Crippen molar-refractivity contribution in [2.45, 2.75) is 45.7 Å². The quantitative estimate of drug-likeness (QED) is 0.296. The molecule has 3 aromatic carbocycles. The van der Waals surface area contributed by atoms with E-state index in [2.05, 4.69) is 42.0 Å². The Bertz CT molecular complexity index is 1550. The van der Waals surface area contributed by atoms with Crippen LogP contribution >= 0.6 is 11.6 Å². The fourth-order valence-corrected chi connectivity index (χ4v) is 5.29. The van der Waals surface area contributed by atoms with Crippen LogP contribution in [0.2, 0.25) is 5.02 Å². The van der Waals surface area contributed by atoms with Crippen molar-refractivity contribution >= 4 is 34.9 Å². The molecule has 0 saturated heterocycles. The van der Waals surface area contributed by atoms with Gasteiger partial charge in [0.05, 0.1) is 25.1 Å². The van der Waals surface area contributed by atoms with Gasteiger partial charge in [0.1, 0.15) is 11.8 Å². The fraction of sp³-hybridized carbons (Fsp3) is 0.250. The first-order chi connectivity index (χ1) is 19.4. The Kier molecular flexibility index (Phi) is 8.12. The van der Waals surface area contributed by atoms with Crippen molar-refractivity contribution < 1.29 is 9.53 Å². The summed E-state index contributed by atoms with van der Waals surface area (Å²) >= 11 is 6.49. The average molecular weight is 554 g/mol. The predicted molar refractivity (Wildman–Crippen MR) is 160 cm³/mol. The minimum atomic E-state index is -0.672. The highest BCUT2D eigenvalue weighted by molar-refractivity contribution is 6.32. The number of hydrogen-bond donors (Lipinski definition) is 1. The number of aromatic nitrogens is 2. The fourth-order valence-electron chi connectivity index (χ4n) is 5.12. The van der Waals surface area contributed by atoms with Gasteiger partial charge >= 0.3 is 0 Å². The lowest BCUT2D eigenvalue weighted by atomic mass is 9.96. The molecule has 7 nitrogen and oxygen atoms in total. The summed E-state index contributed by atoms with van der Waals surface area (Å²) in [6.45, 7) is 4.68. The number of anilines is 2. The Morgan fingerprint density at radius 1 is 0.925 bits per heavy atom. The summed E-state index contributed by atoms with van der Waals surface area (Å²) in [5.41, 5.74) is 13.2. The molecule has 0 spiro atoms. The highest BCUT2D eigenvalue weighted by Crippen LogP contribution is 2.33. The van der Waals surface area contributed by atoms with E-state index in [1.165, 1.54) is 11.1 Å². The lowest BCUT2D eigenvalue weighted by molar-refractivity contribution is -0.119. The van der Waals surface area contributed by atoms with Gasteiger partial charge in [0.2, 0.25) is 5.95 Å². The molecular weight excluding hydrogens is 522 g/mol. The Labute approximate surface area is 239 Å². The highest BCUT2D eigenvalue weighted by Gasteiger charge is 2.33. The summed E-state index contributed by atoms with van der Waals surface area (Å²) in [4.78, 5) is 29.6. The maximum Gasteiger partial charge on any atom is 0.252 e. The van der Waals surface area contributed by atoms with Crippen molar-refractivity contribution in [3.8, 4) is 5.75 Å².